The molecule has 0 saturated carbocycles. The van der Waals surface area contributed by atoms with E-state index < -0.39 is 22.1 Å². The first-order chi connectivity index (χ1) is 11.9. The van der Waals surface area contributed by atoms with Crippen molar-refractivity contribution in [3.8, 4) is 0 Å². The molecule has 2 rings (SSSR count). The van der Waals surface area contributed by atoms with Crippen LogP contribution in [0.1, 0.15) is 45.4 Å². The van der Waals surface area contributed by atoms with E-state index in [1.807, 2.05) is 0 Å². The SMILES string of the molecule is CCCCCCCC1=NN(c2ccc(S(=O)(=O)O)cc2)C(=O)C1N=O. The summed E-state index contributed by atoms with van der Waals surface area (Å²) in [7, 11) is -4.31. The van der Waals surface area contributed by atoms with Crippen LogP contribution in [-0.2, 0) is 14.9 Å². The molecule has 1 unspecified atom stereocenters. The van der Waals surface area contributed by atoms with Crippen molar-refractivity contribution in [1.29, 1.82) is 0 Å². The Morgan fingerprint density at radius 1 is 1.16 bits per heavy atom. The van der Waals surface area contributed by atoms with E-state index in [1.165, 1.54) is 24.3 Å². The molecule has 25 heavy (non-hydrogen) atoms. The van der Waals surface area contributed by atoms with Gasteiger partial charge in [0, 0.05) is 0 Å². The van der Waals surface area contributed by atoms with Crippen LogP contribution >= 0.6 is 0 Å². The van der Waals surface area contributed by atoms with Crippen LogP contribution in [0.15, 0.2) is 39.4 Å². The van der Waals surface area contributed by atoms with Crippen LogP contribution in [0.3, 0.4) is 0 Å². The molecule has 0 aliphatic carbocycles. The molecular formula is C16H21N3O5S. The van der Waals surface area contributed by atoms with Gasteiger partial charge < -0.3 is 0 Å². The van der Waals surface area contributed by atoms with Gasteiger partial charge in [-0.3, -0.25) is 9.35 Å². The molecule has 1 aliphatic heterocycles. The summed E-state index contributed by atoms with van der Waals surface area (Å²) in [4.78, 5) is 23.1. The third-order valence-corrected chi connectivity index (χ3v) is 4.88. The lowest BCUT2D eigenvalue weighted by Crippen LogP contribution is -2.30. The average Bonchev–Trinajstić information content (AvgIpc) is 2.89. The molecule has 1 heterocycles. The second-order valence-electron chi connectivity index (χ2n) is 5.88. The lowest BCUT2D eigenvalue weighted by molar-refractivity contribution is -0.117. The molecular weight excluding hydrogens is 346 g/mol. The number of unbranched alkanes of at least 4 members (excludes halogenated alkanes) is 4. The smallest absolute Gasteiger partial charge is 0.282 e. The summed E-state index contributed by atoms with van der Waals surface area (Å²) < 4.78 is 31.1. The Morgan fingerprint density at radius 3 is 2.36 bits per heavy atom. The van der Waals surface area contributed by atoms with Crippen molar-refractivity contribution in [1.82, 2.24) is 0 Å². The summed E-state index contributed by atoms with van der Waals surface area (Å²) in [6.45, 7) is 2.12. The number of rotatable bonds is 9. The van der Waals surface area contributed by atoms with Gasteiger partial charge in [0.1, 0.15) is 0 Å². The van der Waals surface area contributed by atoms with Crippen LogP contribution < -0.4 is 5.01 Å². The Labute approximate surface area is 146 Å². The Hall–Kier alpha value is -2.13. The van der Waals surface area contributed by atoms with Crippen LogP contribution in [0.2, 0.25) is 0 Å². The summed E-state index contributed by atoms with van der Waals surface area (Å²) in [5.41, 5.74) is 0.738. The minimum Gasteiger partial charge on any atom is -0.282 e. The number of amides is 1. The van der Waals surface area contributed by atoms with Crippen LogP contribution in [0, 0.1) is 4.91 Å². The zero-order valence-corrected chi connectivity index (χ0v) is 14.8. The zero-order valence-electron chi connectivity index (χ0n) is 14.0. The van der Waals surface area contributed by atoms with Crippen LogP contribution in [-0.4, -0.2) is 30.6 Å². The maximum atomic E-state index is 12.3. The molecule has 1 amide bonds. The summed E-state index contributed by atoms with van der Waals surface area (Å²) in [6.07, 6.45) is 5.71. The van der Waals surface area contributed by atoms with E-state index >= 15 is 0 Å². The number of carbonyl (C=O) groups excluding carboxylic acids is 1. The number of hydrogen-bond acceptors (Lipinski definition) is 6. The van der Waals surface area contributed by atoms with Crippen molar-refractivity contribution < 1.29 is 17.8 Å². The molecule has 1 aromatic rings. The third-order valence-electron chi connectivity index (χ3n) is 4.01. The highest BCUT2D eigenvalue weighted by molar-refractivity contribution is 7.85. The Morgan fingerprint density at radius 2 is 1.80 bits per heavy atom. The molecule has 0 fully saturated rings. The van der Waals surface area contributed by atoms with Crippen LogP contribution in [0.25, 0.3) is 0 Å². The monoisotopic (exact) mass is 367 g/mol. The van der Waals surface area contributed by atoms with Gasteiger partial charge in [0.05, 0.1) is 16.3 Å². The summed E-state index contributed by atoms with van der Waals surface area (Å²) >= 11 is 0. The second kappa shape index (κ2) is 8.30. The van der Waals surface area contributed by atoms with Gasteiger partial charge >= 0.3 is 0 Å². The van der Waals surface area contributed by atoms with Gasteiger partial charge in [-0.05, 0) is 37.1 Å². The van der Waals surface area contributed by atoms with E-state index in [0.717, 1.165) is 37.1 Å². The van der Waals surface area contributed by atoms with Gasteiger partial charge in [-0.25, -0.2) is 0 Å². The highest BCUT2D eigenvalue weighted by Gasteiger charge is 2.37. The van der Waals surface area contributed by atoms with Gasteiger partial charge in [0.25, 0.3) is 16.0 Å². The molecule has 1 N–H and O–H groups in total. The summed E-state index contributed by atoms with van der Waals surface area (Å²) in [5, 5.41) is 8.14. The average molecular weight is 367 g/mol. The molecule has 1 aliphatic rings. The van der Waals surface area contributed by atoms with Crippen molar-refractivity contribution in [2.45, 2.75) is 56.4 Å². The maximum absolute atomic E-state index is 12.3. The van der Waals surface area contributed by atoms with E-state index in [9.17, 15) is 18.1 Å². The van der Waals surface area contributed by atoms with Crippen LogP contribution in [0.5, 0.6) is 0 Å². The highest BCUT2D eigenvalue weighted by Crippen LogP contribution is 2.25. The fourth-order valence-corrected chi connectivity index (χ4v) is 3.12. The van der Waals surface area contributed by atoms with Crippen molar-refractivity contribution >= 4 is 27.4 Å². The molecule has 0 radical (unpaired) electrons. The van der Waals surface area contributed by atoms with Gasteiger partial charge in [0.2, 0.25) is 6.04 Å². The first-order valence-electron chi connectivity index (χ1n) is 8.20. The molecule has 9 heteroatoms. The molecule has 8 nitrogen and oxygen atoms in total. The summed E-state index contributed by atoms with van der Waals surface area (Å²) in [6, 6.07) is 3.89. The quantitative estimate of drug-likeness (QED) is 0.409. The van der Waals surface area contributed by atoms with Crippen molar-refractivity contribution in [2.24, 2.45) is 10.3 Å². The second-order valence-corrected chi connectivity index (χ2v) is 7.30. The Bertz CT molecular complexity index is 758. The van der Waals surface area contributed by atoms with E-state index in [4.69, 9.17) is 4.55 Å². The number of carbonyl (C=O) groups is 1. The first-order valence-corrected chi connectivity index (χ1v) is 9.64. The van der Waals surface area contributed by atoms with Gasteiger partial charge in [0.15, 0.2) is 0 Å². The first kappa shape index (κ1) is 19.2. The minimum absolute atomic E-state index is 0.284. The fourth-order valence-electron chi connectivity index (χ4n) is 2.64. The van der Waals surface area contributed by atoms with Crippen molar-refractivity contribution in [3.63, 3.8) is 0 Å². The topological polar surface area (TPSA) is 116 Å². The Kier molecular flexibility index (Phi) is 6.38. The zero-order chi connectivity index (χ0) is 18.4. The molecule has 0 bridgehead atoms. The predicted octanol–water partition coefficient (Wildman–Crippen LogP) is 3.13. The molecule has 1 atom stereocenters. The number of hydrogen-bond donors (Lipinski definition) is 1. The molecule has 1 aromatic carbocycles. The highest BCUT2D eigenvalue weighted by atomic mass is 32.2. The van der Waals surface area contributed by atoms with E-state index in [-0.39, 0.29) is 4.90 Å². The molecule has 0 saturated heterocycles. The molecule has 0 aromatic heterocycles. The third kappa shape index (κ3) is 4.70. The van der Waals surface area contributed by atoms with E-state index in [2.05, 4.69) is 17.2 Å². The standard InChI is InChI=1S/C16H21N3O5S/c1-2-3-4-5-6-7-14-15(18-21)16(20)19(17-14)12-8-10-13(11-9-12)25(22,23)24/h8-11,15H,2-7H2,1H3,(H,22,23,24). The fraction of sp³-hybridized carbons (Fsp3) is 0.500. The largest absolute Gasteiger partial charge is 0.294 e. The number of nitrogens with zero attached hydrogens (tertiary/aromatic N) is 3. The van der Waals surface area contributed by atoms with Crippen LogP contribution in [0.4, 0.5) is 5.69 Å². The predicted molar refractivity (Wildman–Crippen MR) is 94.1 cm³/mol. The lowest BCUT2D eigenvalue weighted by Gasteiger charge is -2.12. The number of benzene rings is 1. The van der Waals surface area contributed by atoms with E-state index in [1.54, 1.807) is 0 Å². The number of hydrazone groups is 1. The van der Waals surface area contributed by atoms with Crippen molar-refractivity contribution in [2.75, 3.05) is 5.01 Å². The maximum Gasteiger partial charge on any atom is 0.294 e. The normalized spacial score (nSPS) is 17.7. The van der Waals surface area contributed by atoms with Crippen molar-refractivity contribution in [3.05, 3.63) is 29.2 Å². The minimum atomic E-state index is -4.31. The summed E-state index contributed by atoms with van der Waals surface area (Å²) in [5.74, 6) is -0.557. The van der Waals surface area contributed by atoms with Gasteiger partial charge in [-0.2, -0.15) is 18.5 Å². The lowest BCUT2D eigenvalue weighted by atomic mass is 10.0. The van der Waals surface area contributed by atoms with E-state index in [0.29, 0.717) is 17.8 Å². The Balaban J connectivity index is 2.12. The molecule has 0 spiro atoms. The number of nitroso groups, excluding NO2 is 1. The van der Waals surface area contributed by atoms with Gasteiger partial charge in [-0.15, -0.1) is 4.91 Å². The number of anilines is 1. The molecule has 136 valence electrons. The van der Waals surface area contributed by atoms with Gasteiger partial charge in [-0.1, -0.05) is 37.8 Å².